The summed E-state index contributed by atoms with van der Waals surface area (Å²) in [6, 6.07) is 2.41. The maximum absolute atomic E-state index is 4.41. The average molecular weight is 165 g/mol. The lowest BCUT2D eigenvalue weighted by molar-refractivity contribution is 0.515. The molecule has 0 aliphatic rings. The third-order valence-electron chi connectivity index (χ3n) is 1.71. The molecule has 2 nitrogen and oxygen atoms in total. The van der Waals surface area contributed by atoms with E-state index in [1.54, 1.807) is 0 Å². The van der Waals surface area contributed by atoms with Gasteiger partial charge in [-0.2, -0.15) is 5.10 Å². The van der Waals surface area contributed by atoms with Gasteiger partial charge in [-0.05, 0) is 32.3 Å². The Kier molecular flexibility index (Phi) is 2.90. The van der Waals surface area contributed by atoms with Crippen LogP contribution >= 0.6 is 0 Å². The molecule has 0 N–H and O–H groups in total. The number of aromatic nitrogens is 2. The highest BCUT2D eigenvalue weighted by atomic mass is 15.3. The second-order valence-electron chi connectivity index (χ2n) is 3.90. The van der Waals surface area contributed by atoms with Crippen molar-refractivity contribution in [2.45, 2.75) is 40.2 Å². The summed E-state index contributed by atoms with van der Waals surface area (Å²) in [5, 5.41) is 4.41. The Labute approximate surface area is 74.6 Å². The van der Waals surface area contributed by atoms with E-state index in [2.05, 4.69) is 39.0 Å². The molecule has 0 saturated carbocycles. The second kappa shape index (κ2) is 3.74. The molecule has 12 heavy (non-hydrogen) atoms. The first kappa shape index (κ1) is 9.30. The zero-order valence-electron chi connectivity index (χ0n) is 8.33. The lowest BCUT2D eigenvalue weighted by Gasteiger charge is -2.04. The highest BCUT2D eigenvalue weighted by molar-refractivity contribution is 4.98. The summed E-state index contributed by atoms with van der Waals surface area (Å²) in [6.45, 7) is 8.63. The van der Waals surface area contributed by atoms with Crippen LogP contribution in [-0.2, 0) is 6.42 Å². The fourth-order valence-electron chi connectivity index (χ4n) is 1.12. The molecule has 67 valence electrons. The summed E-state index contributed by atoms with van der Waals surface area (Å²) in [5.74, 6) is 0.675. The minimum Gasteiger partial charge on any atom is -0.261 e. The molecule has 0 unspecified atom stereocenters. The van der Waals surface area contributed by atoms with E-state index >= 15 is 0 Å². The highest BCUT2D eigenvalue weighted by Crippen LogP contribution is 2.07. The van der Waals surface area contributed by atoms with Gasteiger partial charge in [0, 0.05) is 6.04 Å². The van der Waals surface area contributed by atoms with E-state index in [1.807, 2.05) is 10.7 Å². The van der Waals surface area contributed by atoms with Gasteiger partial charge in [0.15, 0.2) is 0 Å². The summed E-state index contributed by atoms with van der Waals surface area (Å²) < 4.78 is 1.89. The molecule has 0 amide bonds. The van der Waals surface area contributed by atoms with Crippen LogP contribution in [0.5, 0.6) is 0 Å². The smallest absolute Gasteiger partial charge is 0.0869 e. The van der Waals surface area contributed by atoms with Crippen molar-refractivity contribution in [2.75, 3.05) is 0 Å². The van der Waals surface area contributed by atoms with Crippen LogP contribution in [0.1, 0.15) is 39.4 Å². The SMILES string of the molecule is CC(C)Cc1c[c]n(C(C)C)n1. The van der Waals surface area contributed by atoms with Gasteiger partial charge >= 0.3 is 0 Å². The lowest BCUT2D eigenvalue weighted by Crippen LogP contribution is -2.03. The summed E-state index contributed by atoms with van der Waals surface area (Å²) in [4.78, 5) is 0. The van der Waals surface area contributed by atoms with Crippen LogP contribution in [0.25, 0.3) is 0 Å². The fourth-order valence-corrected chi connectivity index (χ4v) is 1.12. The van der Waals surface area contributed by atoms with E-state index < -0.39 is 0 Å². The van der Waals surface area contributed by atoms with Gasteiger partial charge in [0.2, 0.25) is 0 Å². The van der Waals surface area contributed by atoms with Crippen molar-refractivity contribution < 1.29 is 0 Å². The van der Waals surface area contributed by atoms with Gasteiger partial charge in [0.05, 0.1) is 11.9 Å². The highest BCUT2D eigenvalue weighted by Gasteiger charge is 2.03. The number of rotatable bonds is 3. The zero-order valence-corrected chi connectivity index (χ0v) is 8.33. The molecule has 2 heteroatoms. The van der Waals surface area contributed by atoms with Gasteiger partial charge in [-0.25, -0.2) is 0 Å². The summed E-state index contributed by atoms with van der Waals surface area (Å²) in [7, 11) is 0. The predicted octanol–water partition coefficient (Wildman–Crippen LogP) is 2.46. The van der Waals surface area contributed by atoms with Gasteiger partial charge < -0.3 is 0 Å². The molecule has 0 aliphatic heterocycles. The minimum absolute atomic E-state index is 0.422. The monoisotopic (exact) mass is 165 g/mol. The van der Waals surface area contributed by atoms with Gasteiger partial charge in [-0.1, -0.05) is 13.8 Å². The van der Waals surface area contributed by atoms with Crippen LogP contribution in [-0.4, -0.2) is 9.78 Å². The van der Waals surface area contributed by atoms with Crippen molar-refractivity contribution in [1.82, 2.24) is 9.78 Å². The third-order valence-corrected chi connectivity index (χ3v) is 1.71. The maximum Gasteiger partial charge on any atom is 0.0869 e. The molecule has 1 radical (unpaired) electrons. The van der Waals surface area contributed by atoms with Crippen molar-refractivity contribution in [3.05, 3.63) is 18.0 Å². The van der Waals surface area contributed by atoms with Crippen LogP contribution in [0.3, 0.4) is 0 Å². The summed E-state index contributed by atoms with van der Waals surface area (Å²) >= 11 is 0. The lowest BCUT2D eigenvalue weighted by atomic mass is 10.1. The van der Waals surface area contributed by atoms with E-state index in [0.29, 0.717) is 12.0 Å². The molecule has 0 spiro atoms. The van der Waals surface area contributed by atoms with Crippen molar-refractivity contribution in [3.63, 3.8) is 0 Å². The largest absolute Gasteiger partial charge is 0.261 e. The molecule has 0 bridgehead atoms. The van der Waals surface area contributed by atoms with E-state index in [9.17, 15) is 0 Å². The molecule has 0 atom stereocenters. The molecule has 0 saturated heterocycles. The van der Waals surface area contributed by atoms with Gasteiger partial charge in [-0.15, -0.1) is 0 Å². The van der Waals surface area contributed by atoms with Crippen molar-refractivity contribution in [2.24, 2.45) is 5.92 Å². The minimum atomic E-state index is 0.422. The number of hydrogen-bond acceptors (Lipinski definition) is 1. The normalized spacial score (nSPS) is 11.5. The number of nitrogens with zero attached hydrogens (tertiary/aromatic N) is 2. The van der Waals surface area contributed by atoms with Crippen LogP contribution in [0.15, 0.2) is 6.07 Å². The Balaban J connectivity index is 2.64. The van der Waals surface area contributed by atoms with Crippen LogP contribution < -0.4 is 0 Å². The Morgan fingerprint density at radius 1 is 1.42 bits per heavy atom. The molecular formula is C10H17N2. The number of hydrogen-bond donors (Lipinski definition) is 0. The van der Waals surface area contributed by atoms with Gasteiger partial charge in [-0.3, -0.25) is 4.68 Å². The Hall–Kier alpha value is -0.790. The van der Waals surface area contributed by atoms with Gasteiger partial charge in [0.25, 0.3) is 0 Å². The van der Waals surface area contributed by atoms with Crippen LogP contribution in [0, 0.1) is 12.1 Å². The van der Waals surface area contributed by atoms with E-state index in [1.165, 1.54) is 0 Å². The first-order valence-electron chi connectivity index (χ1n) is 4.55. The molecule has 1 aromatic heterocycles. The van der Waals surface area contributed by atoms with Crippen molar-refractivity contribution in [1.29, 1.82) is 0 Å². The van der Waals surface area contributed by atoms with Crippen molar-refractivity contribution >= 4 is 0 Å². The van der Waals surface area contributed by atoms with E-state index in [0.717, 1.165) is 12.1 Å². The first-order chi connectivity index (χ1) is 5.59. The van der Waals surface area contributed by atoms with Crippen LogP contribution in [0.2, 0.25) is 0 Å². The second-order valence-corrected chi connectivity index (χ2v) is 3.90. The van der Waals surface area contributed by atoms with Gasteiger partial charge in [0.1, 0.15) is 0 Å². The van der Waals surface area contributed by atoms with Crippen LogP contribution in [0.4, 0.5) is 0 Å². The zero-order chi connectivity index (χ0) is 9.14. The molecule has 1 heterocycles. The molecule has 1 aromatic rings. The predicted molar refractivity (Wildman–Crippen MR) is 50.0 cm³/mol. The summed E-state index contributed by atoms with van der Waals surface area (Å²) in [5.41, 5.74) is 1.15. The molecule has 0 aromatic carbocycles. The topological polar surface area (TPSA) is 17.8 Å². The Morgan fingerprint density at radius 2 is 2.08 bits per heavy atom. The standard InChI is InChI=1S/C10H17N2/c1-8(2)7-10-5-6-12(11-10)9(3)4/h5,8-9H,7H2,1-4H3. The van der Waals surface area contributed by atoms with E-state index in [-0.39, 0.29) is 0 Å². The molecule has 1 rings (SSSR count). The Morgan fingerprint density at radius 3 is 2.50 bits per heavy atom. The fraction of sp³-hybridized carbons (Fsp3) is 0.700. The van der Waals surface area contributed by atoms with Crippen molar-refractivity contribution in [3.8, 4) is 0 Å². The molecule has 0 aliphatic carbocycles. The first-order valence-corrected chi connectivity index (χ1v) is 4.55. The molecular weight excluding hydrogens is 148 g/mol. The van der Waals surface area contributed by atoms with E-state index in [4.69, 9.17) is 0 Å². The maximum atomic E-state index is 4.41. The molecule has 0 fully saturated rings. The average Bonchev–Trinajstić information content (AvgIpc) is 2.34. The summed E-state index contributed by atoms with van der Waals surface area (Å²) in [6.07, 6.45) is 4.17. The quantitative estimate of drug-likeness (QED) is 0.672. The Bertz CT molecular complexity index is 236. The third kappa shape index (κ3) is 2.36.